The van der Waals surface area contributed by atoms with Crippen LogP contribution in [0.15, 0.2) is 66.7 Å². The molecular weight excluding hydrogens is 575 g/mol. The minimum atomic E-state index is -2.25. The van der Waals surface area contributed by atoms with Gasteiger partial charge in [0.1, 0.15) is 29.5 Å². The number of benzene rings is 3. The number of ether oxygens (including phenoxy) is 2. The fraction of sp³-hybridized carbons (Fsp3) is 0.457. The summed E-state index contributed by atoms with van der Waals surface area (Å²) in [6.07, 6.45) is 0.579. The Kier molecular flexibility index (Phi) is 9.12. The zero-order valence-corrected chi connectivity index (χ0v) is 27.7. The number of carbonyl (C=O) groups excluding carboxylic acids is 1. The summed E-state index contributed by atoms with van der Waals surface area (Å²) in [7, 11) is -0.656. The normalized spacial score (nSPS) is 20.8. The highest BCUT2D eigenvalue weighted by Crippen LogP contribution is 2.42. The van der Waals surface area contributed by atoms with Gasteiger partial charge in [-0.2, -0.15) is 0 Å². The third-order valence-corrected chi connectivity index (χ3v) is 14.0. The number of carbonyl (C=O) groups is 1. The average Bonchev–Trinajstić information content (AvgIpc) is 2.99. The number of methoxy groups -OCH3 is 1. The van der Waals surface area contributed by atoms with E-state index in [0.29, 0.717) is 43.0 Å². The first-order chi connectivity index (χ1) is 20.8. The van der Waals surface area contributed by atoms with E-state index < -0.39 is 25.8 Å². The van der Waals surface area contributed by atoms with Gasteiger partial charge in [0.05, 0.1) is 25.4 Å². The van der Waals surface area contributed by atoms with Crippen molar-refractivity contribution in [3.63, 3.8) is 0 Å². The monoisotopic (exact) mass is 620 g/mol. The lowest BCUT2D eigenvalue weighted by atomic mass is 9.89. The minimum Gasteiger partial charge on any atom is -0.497 e. The maximum absolute atomic E-state index is 15.4. The molecule has 3 aromatic carbocycles. The van der Waals surface area contributed by atoms with Gasteiger partial charge in [0.2, 0.25) is 5.91 Å². The van der Waals surface area contributed by atoms with E-state index in [0.717, 1.165) is 11.3 Å². The molecule has 0 saturated carbocycles. The van der Waals surface area contributed by atoms with Crippen LogP contribution in [0.1, 0.15) is 44.7 Å². The van der Waals surface area contributed by atoms with Crippen LogP contribution in [0, 0.1) is 5.82 Å². The van der Waals surface area contributed by atoms with Gasteiger partial charge in [-0.1, -0.05) is 51.1 Å². The molecule has 2 atom stereocenters. The van der Waals surface area contributed by atoms with Gasteiger partial charge in [0.15, 0.2) is 8.32 Å². The lowest BCUT2D eigenvalue weighted by Crippen LogP contribution is -2.63. The van der Waals surface area contributed by atoms with E-state index >= 15 is 4.39 Å². The van der Waals surface area contributed by atoms with Gasteiger partial charge < -0.3 is 28.8 Å². The van der Waals surface area contributed by atoms with Crippen LogP contribution in [0.2, 0.25) is 18.1 Å². The lowest BCUT2D eigenvalue weighted by Gasteiger charge is -2.49. The van der Waals surface area contributed by atoms with Crippen molar-refractivity contribution in [3.8, 4) is 11.5 Å². The Labute approximate surface area is 261 Å². The second kappa shape index (κ2) is 12.5. The SMILES string of the molecule is COc1ccc(CN2C(=O)CCc3c(OC[C@]4(O)CCN(c5ccccc5)C[C@H]4O[Si](C)(C)C(C)(C)C)ccc(F)c32)cc1. The zero-order valence-electron chi connectivity index (χ0n) is 26.7. The lowest BCUT2D eigenvalue weighted by molar-refractivity contribution is -0.119. The Balaban J connectivity index is 1.40. The number of hydrogen-bond donors (Lipinski definition) is 1. The number of fused-ring (bicyclic) bond motifs is 1. The predicted octanol–water partition coefficient (Wildman–Crippen LogP) is 6.72. The van der Waals surface area contributed by atoms with Crippen molar-refractivity contribution in [2.75, 3.05) is 36.6 Å². The average molecular weight is 621 g/mol. The van der Waals surface area contributed by atoms with E-state index in [1.165, 1.54) is 11.0 Å². The molecule has 2 heterocycles. The highest BCUT2D eigenvalue weighted by molar-refractivity contribution is 6.74. The smallest absolute Gasteiger partial charge is 0.227 e. The van der Waals surface area contributed by atoms with Crippen LogP contribution < -0.4 is 19.3 Å². The number of aliphatic hydroxyl groups is 1. The quantitative estimate of drug-likeness (QED) is 0.268. The van der Waals surface area contributed by atoms with Gasteiger partial charge >= 0.3 is 0 Å². The first-order valence-electron chi connectivity index (χ1n) is 15.4. The highest BCUT2D eigenvalue weighted by Gasteiger charge is 2.49. The Bertz CT molecular complexity index is 1460. The molecule has 0 aromatic heterocycles. The molecule has 0 bridgehead atoms. The number of amides is 1. The maximum Gasteiger partial charge on any atom is 0.227 e. The standard InChI is InChI=1S/C35H45FN2O5Si/c1-34(2,3)44(5,6)43-31-23-37(26-10-8-7-9-11-26)21-20-35(31,40)24-42-30-18-17-29(36)33-28(30)16-19-32(39)38(33)22-25-12-14-27(41-4)15-13-25/h7-15,17-18,31,40H,16,19-24H2,1-6H3/t31-,35-/m1/s1. The molecule has 2 aliphatic heterocycles. The third-order valence-electron chi connectivity index (χ3n) is 9.49. The molecule has 2 aliphatic rings. The fourth-order valence-corrected chi connectivity index (χ4v) is 7.06. The zero-order chi connectivity index (χ0) is 31.7. The van der Waals surface area contributed by atoms with Gasteiger partial charge in [-0.15, -0.1) is 0 Å². The third kappa shape index (κ3) is 6.65. The number of anilines is 2. The largest absolute Gasteiger partial charge is 0.497 e. The van der Waals surface area contributed by atoms with E-state index in [1.54, 1.807) is 13.2 Å². The van der Waals surface area contributed by atoms with Crippen molar-refractivity contribution in [1.82, 2.24) is 0 Å². The molecule has 1 N–H and O–H groups in total. The molecule has 1 amide bonds. The number of hydrogen-bond acceptors (Lipinski definition) is 6. The van der Waals surface area contributed by atoms with Crippen molar-refractivity contribution in [2.45, 2.75) is 76.4 Å². The molecule has 44 heavy (non-hydrogen) atoms. The molecule has 236 valence electrons. The topological polar surface area (TPSA) is 71.5 Å². The van der Waals surface area contributed by atoms with Gasteiger partial charge in [0, 0.05) is 30.8 Å². The molecule has 0 spiro atoms. The second-order valence-electron chi connectivity index (χ2n) is 13.5. The number of rotatable bonds is 9. The Morgan fingerprint density at radius 2 is 1.73 bits per heavy atom. The summed E-state index contributed by atoms with van der Waals surface area (Å²) >= 11 is 0. The molecule has 0 aliphatic carbocycles. The van der Waals surface area contributed by atoms with Crippen molar-refractivity contribution in [3.05, 3.63) is 83.7 Å². The summed E-state index contributed by atoms with van der Waals surface area (Å²) in [5.74, 6) is 0.588. The Morgan fingerprint density at radius 1 is 1.02 bits per heavy atom. The van der Waals surface area contributed by atoms with Crippen LogP contribution in [0.4, 0.5) is 15.8 Å². The maximum atomic E-state index is 15.4. The summed E-state index contributed by atoms with van der Waals surface area (Å²) in [6, 6.07) is 20.5. The van der Waals surface area contributed by atoms with Crippen molar-refractivity contribution in [1.29, 1.82) is 0 Å². The summed E-state index contributed by atoms with van der Waals surface area (Å²) in [6.45, 7) is 12.4. The van der Waals surface area contributed by atoms with E-state index in [1.807, 2.05) is 42.5 Å². The molecule has 0 radical (unpaired) electrons. The summed E-state index contributed by atoms with van der Waals surface area (Å²) in [4.78, 5) is 16.8. The van der Waals surface area contributed by atoms with Crippen LogP contribution in [-0.2, 0) is 22.2 Å². The van der Waals surface area contributed by atoms with Crippen LogP contribution >= 0.6 is 0 Å². The summed E-state index contributed by atoms with van der Waals surface area (Å²) in [5, 5.41) is 12.1. The van der Waals surface area contributed by atoms with Crippen LogP contribution in [0.3, 0.4) is 0 Å². The molecule has 9 heteroatoms. The second-order valence-corrected chi connectivity index (χ2v) is 18.2. The van der Waals surface area contributed by atoms with Crippen molar-refractivity contribution < 1.29 is 28.2 Å². The van der Waals surface area contributed by atoms with E-state index in [4.69, 9.17) is 13.9 Å². The van der Waals surface area contributed by atoms with Crippen LogP contribution in [0.25, 0.3) is 0 Å². The molecule has 1 saturated heterocycles. The van der Waals surface area contributed by atoms with E-state index in [2.05, 4.69) is 50.9 Å². The molecule has 7 nitrogen and oxygen atoms in total. The molecule has 1 fully saturated rings. The first-order valence-corrected chi connectivity index (χ1v) is 18.3. The number of nitrogens with zero attached hydrogens (tertiary/aromatic N) is 2. The molecule has 0 unspecified atom stereocenters. The minimum absolute atomic E-state index is 0.000577. The first kappa shape index (κ1) is 32.0. The van der Waals surface area contributed by atoms with Gasteiger partial charge in [-0.05, 0) is 72.9 Å². The Hall–Kier alpha value is -3.40. The van der Waals surface area contributed by atoms with Crippen molar-refractivity contribution >= 4 is 25.6 Å². The number of halogens is 1. The number of piperidine rings is 1. The van der Waals surface area contributed by atoms with Crippen LogP contribution in [-0.4, -0.2) is 57.8 Å². The van der Waals surface area contributed by atoms with Gasteiger partial charge in [-0.3, -0.25) is 4.79 Å². The molecular formula is C35H45FN2O5Si. The van der Waals surface area contributed by atoms with E-state index in [9.17, 15) is 9.90 Å². The number of para-hydroxylation sites is 1. The van der Waals surface area contributed by atoms with Crippen LogP contribution in [0.5, 0.6) is 11.5 Å². The van der Waals surface area contributed by atoms with Crippen molar-refractivity contribution in [2.24, 2.45) is 0 Å². The van der Waals surface area contributed by atoms with Gasteiger partial charge in [-0.25, -0.2) is 4.39 Å². The molecule has 5 rings (SSSR count). The highest BCUT2D eigenvalue weighted by atomic mass is 28.4. The molecule has 3 aromatic rings. The summed E-state index contributed by atoms with van der Waals surface area (Å²) < 4.78 is 33.9. The van der Waals surface area contributed by atoms with Gasteiger partial charge in [0.25, 0.3) is 0 Å². The van der Waals surface area contributed by atoms with E-state index in [-0.39, 0.29) is 36.2 Å². The summed E-state index contributed by atoms with van der Waals surface area (Å²) in [5.41, 5.74) is 1.59. The Morgan fingerprint density at radius 3 is 2.39 bits per heavy atom. The predicted molar refractivity (Wildman–Crippen MR) is 175 cm³/mol. The fourth-order valence-electron chi connectivity index (χ4n) is 5.70.